The first-order valence-electron chi connectivity index (χ1n) is 4.18. The van der Waals surface area contributed by atoms with Gasteiger partial charge >= 0.3 is 0 Å². The molecule has 64 valence electrons. The summed E-state index contributed by atoms with van der Waals surface area (Å²) in [6, 6.07) is 0. The van der Waals surface area contributed by atoms with Gasteiger partial charge in [0.2, 0.25) is 0 Å². The van der Waals surface area contributed by atoms with Gasteiger partial charge in [0, 0.05) is 5.33 Å². The molecule has 0 aromatic carbocycles. The highest BCUT2D eigenvalue weighted by Gasteiger charge is 2.00. The third-order valence-corrected chi connectivity index (χ3v) is 2.72. The lowest BCUT2D eigenvalue weighted by Gasteiger charge is -2.07. The molecule has 0 amide bonds. The summed E-state index contributed by atoms with van der Waals surface area (Å²) in [5.41, 5.74) is 0. The van der Waals surface area contributed by atoms with Gasteiger partial charge in [-0.05, 0) is 18.8 Å². The predicted molar refractivity (Wildman–Crippen MR) is 56.1 cm³/mol. The Balaban J connectivity index is 3.34. The first-order chi connectivity index (χ1) is 5.35. The summed E-state index contributed by atoms with van der Waals surface area (Å²) in [7, 11) is 0. The zero-order valence-corrected chi connectivity index (χ0v) is 8.81. The van der Waals surface area contributed by atoms with E-state index in [0.717, 1.165) is 11.2 Å². The van der Waals surface area contributed by atoms with Crippen molar-refractivity contribution in [2.24, 2.45) is 5.92 Å². The summed E-state index contributed by atoms with van der Waals surface area (Å²) >= 11 is 3.50. The molecule has 1 atom stereocenters. The second kappa shape index (κ2) is 8.06. The maximum absolute atomic E-state index is 3.62. The van der Waals surface area contributed by atoms with Crippen LogP contribution >= 0.6 is 15.9 Å². The van der Waals surface area contributed by atoms with Crippen molar-refractivity contribution in [1.82, 2.24) is 0 Å². The fourth-order valence-electron chi connectivity index (χ4n) is 0.915. The van der Waals surface area contributed by atoms with Gasteiger partial charge in [-0.15, -0.1) is 0 Å². The fraction of sp³-hybridized carbons (Fsp3) is 0.600. The van der Waals surface area contributed by atoms with Gasteiger partial charge in [0.25, 0.3) is 0 Å². The summed E-state index contributed by atoms with van der Waals surface area (Å²) in [4.78, 5) is 0. The molecule has 0 spiro atoms. The van der Waals surface area contributed by atoms with E-state index in [0.29, 0.717) is 0 Å². The quantitative estimate of drug-likeness (QED) is 0.467. The Hall–Kier alpha value is -0.0400. The lowest BCUT2D eigenvalue weighted by Crippen LogP contribution is -1.98. The van der Waals surface area contributed by atoms with Crippen LogP contribution in [0.3, 0.4) is 0 Å². The maximum atomic E-state index is 3.62. The van der Waals surface area contributed by atoms with E-state index in [4.69, 9.17) is 0 Å². The molecule has 0 aromatic heterocycles. The Bertz CT molecular complexity index is 112. The summed E-state index contributed by atoms with van der Waals surface area (Å²) in [5.74, 6) is 0.837. The van der Waals surface area contributed by atoms with Crippen LogP contribution in [0.1, 0.15) is 26.2 Å². The number of allylic oxidation sites excluding steroid dienone is 3. The summed E-state index contributed by atoms with van der Waals surface area (Å²) in [6.07, 6.45) is 9.75. The third kappa shape index (κ3) is 6.36. The second-order valence-electron chi connectivity index (χ2n) is 2.67. The molecule has 0 aromatic rings. The SMILES string of the molecule is C=C/C=C/CCC(CC)CBr. The Morgan fingerprint density at radius 1 is 1.55 bits per heavy atom. The number of alkyl halides is 1. The van der Waals surface area contributed by atoms with Crippen molar-refractivity contribution >= 4 is 15.9 Å². The molecule has 11 heavy (non-hydrogen) atoms. The van der Waals surface area contributed by atoms with Crippen LogP contribution in [0.2, 0.25) is 0 Å². The van der Waals surface area contributed by atoms with Gasteiger partial charge in [0.15, 0.2) is 0 Å². The number of hydrogen-bond acceptors (Lipinski definition) is 0. The van der Waals surface area contributed by atoms with Crippen molar-refractivity contribution in [3.05, 3.63) is 24.8 Å². The molecule has 0 heterocycles. The molecule has 0 saturated carbocycles. The summed E-state index contributed by atoms with van der Waals surface area (Å²) < 4.78 is 0. The van der Waals surface area contributed by atoms with Crippen LogP contribution in [0.15, 0.2) is 24.8 Å². The highest BCUT2D eigenvalue weighted by molar-refractivity contribution is 9.09. The zero-order valence-electron chi connectivity index (χ0n) is 7.22. The average Bonchev–Trinajstić information content (AvgIpc) is 2.05. The van der Waals surface area contributed by atoms with Crippen LogP contribution in [0.4, 0.5) is 0 Å². The zero-order chi connectivity index (χ0) is 8.53. The molecule has 0 aliphatic carbocycles. The van der Waals surface area contributed by atoms with Gasteiger partial charge in [-0.2, -0.15) is 0 Å². The Kier molecular flexibility index (Phi) is 8.03. The van der Waals surface area contributed by atoms with Crippen LogP contribution in [-0.4, -0.2) is 5.33 Å². The van der Waals surface area contributed by atoms with E-state index in [2.05, 4.69) is 35.5 Å². The molecule has 0 aliphatic heterocycles. The van der Waals surface area contributed by atoms with Gasteiger partial charge in [0.05, 0.1) is 0 Å². The lowest BCUT2D eigenvalue weighted by atomic mass is 10.0. The van der Waals surface area contributed by atoms with E-state index in [9.17, 15) is 0 Å². The standard InChI is InChI=1S/C10H17Br/c1-3-5-6-7-8-10(4-2)9-11/h3,5-6,10H,1,4,7-9H2,2H3/b6-5+. The Morgan fingerprint density at radius 2 is 2.27 bits per heavy atom. The fourth-order valence-corrected chi connectivity index (χ4v) is 1.70. The highest BCUT2D eigenvalue weighted by Crippen LogP contribution is 2.13. The predicted octanol–water partition coefficient (Wildman–Crippen LogP) is 3.93. The van der Waals surface area contributed by atoms with Crippen LogP contribution in [0.25, 0.3) is 0 Å². The third-order valence-electron chi connectivity index (χ3n) is 1.81. The molecule has 1 unspecified atom stereocenters. The topological polar surface area (TPSA) is 0 Å². The van der Waals surface area contributed by atoms with Crippen molar-refractivity contribution < 1.29 is 0 Å². The molecule has 0 aliphatic rings. The maximum Gasteiger partial charge on any atom is 0.00596 e. The minimum atomic E-state index is 0.837. The van der Waals surface area contributed by atoms with E-state index < -0.39 is 0 Å². The molecule has 0 saturated heterocycles. The molecular weight excluding hydrogens is 200 g/mol. The molecule has 0 fully saturated rings. The normalized spacial score (nSPS) is 13.6. The smallest absolute Gasteiger partial charge is 0.00596 e. The van der Waals surface area contributed by atoms with Crippen molar-refractivity contribution in [2.75, 3.05) is 5.33 Å². The molecule has 0 bridgehead atoms. The van der Waals surface area contributed by atoms with E-state index >= 15 is 0 Å². The summed E-state index contributed by atoms with van der Waals surface area (Å²) in [6.45, 7) is 5.86. The average molecular weight is 217 g/mol. The minimum Gasteiger partial charge on any atom is -0.0991 e. The van der Waals surface area contributed by atoms with E-state index in [-0.39, 0.29) is 0 Å². The van der Waals surface area contributed by atoms with Gasteiger partial charge in [0.1, 0.15) is 0 Å². The van der Waals surface area contributed by atoms with Crippen LogP contribution in [0.5, 0.6) is 0 Å². The number of halogens is 1. The molecule has 0 N–H and O–H groups in total. The first kappa shape index (κ1) is 11.0. The largest absolute Gasteiger partial charge is 0.0991 e. The first-order valence-corrected chi connectivity index (χ1v) is 5.30. The van der Waals surface area contributed by atoms with E-state index in [1.165, 1.54) is 19.3 Å². The van der Waals surface area contributed by atoms with Crippen molar-refractivity contribution in [1.29, 1.82) is 0 Å². The van der Waals surface area contributed by atoms with Gasteiger partial charge in [-0.3, -0.25) is 0 Å². The van der Waals surface area contributed by atoms with Gasteiger partial charge in [-0.1, -0.05) is 54.1 Å². The molecule has 0 radical (unpaired) electrons. The monoisotopic (exact) mass is 216 g/mol. The van der Waals surface area contributed by atoms with Gasteiger partial charge in [-0.25, -0.2) is 0 Å². The molecule has 0 nitrogen and oxygen atoms in total. The number of rotatable bonds is 6. The highest BCUT2D eigenvalue weighted by atomic mass is 79.9. The summed E-state index contributed by atoms with van der Waals surface area (Å²) in [5, 5.41) is 1.13. The number of hydrogen-bond donors (Lipinski definition) is 0. The van der Waals surface area contributed by atoms with Crippen LogP contribution in [0, 0.1) is 5.92 Å². The van der Waals surface area contributed by atoms with E-state index in [1.54, 1.807) is 0 Å². The van der Waals surface area contributed by atoms with Crippen LogP contribution in [-0.2, 0) is 0 Å². The van der Waals surface area contributed by atoms with Crippen LogP contribution < -0.4 is 0 Å². The Labute approximate surface area is 78.5 Å². The lowest BCUT2D eigenvalue weighted by molar-refractivity contribution is 0.534. The van der Waals surface area contributed by atoms with Crippen molar-refractivity contribution in [2.45, 2.75) is 26.2 Å². The van der Waals surface area contributed by atoms with E-state index in [1.807, 2.05) is 12.2 Å². The Morgan fingerprint density at radius 3 is 2.73 bits per heavy atom. The minimum absolute atomic E-state index is 0.837. The second-order valence-corrected chi connectivity index (χ2v) is 3.32. The van der Waals surface area contributed by atoms with Crippen molar-refractivity contribution in [3.8, 4) is 0 Å². The molecule has 1 heteroatoms. The molecular formula is C10H17Br. The van der Waals surface area contributed by atoms with Crippen molar-refractivity contribution in [3.63, 3.8) is 0 Å². The van der Waals surface area contributed by atoms with Gasteiger partial charge < -0.3 is 0 Å². The molecule has 0 rings (SSSR count).